The van der Waals surface area contributed by atoms with Gasteiger partial charge in [-0.2, -0.15) is 0 Å². The summed E-state index contributed by atoms with van der Waals surface area (Å²) in [6, 6.07) is 1.89. The quantitative estimate of drug-likeness (QED) is 0.569. The van der Waals surface area contributed by atoms with Crippen LogP contribution in [-0.4, -0.2) is 54.2 Å². The average Bonchev–Trinajstić information content (AvgIpc) is 2.53. The molecule has 118 valence electrons. The lowest BCUT2D eigenvalue weighted by Gasteiger charge is -2.35. The summed E-state index contributed by atoms with van der Waals surface area (Å²) in [5, 5.41) is 0. The van der Waals surface area contributed by atoms with Crippen molar-refractivity contribution in [2.45, 2.75) is 26.9 Å². The van der Waals surface area contributed by atoms with E-state index in [1.807, 2.05) is 13.0 Å². The van der Waals surface area contributed by atoms with Crippen molar-refractivity contribution in [3.05, 3.63) is 11.9 Å². The Bertz CT molecular complexity index is 433. The molecule has 7 heteroatoms. The van der Waals surface area contributed by atoms with Crippen molar-refractivity contribution in [2.24, 2.45) is 5.84 Å². The first-order valence-electron chi connectivity index (χ1n) is 7.66. The van der Waals surface area contributed by atoms with Gasteiger partial charge in [-0.3, -0.25) is 4.90 Å². The van der Waals surface area contributed by atoms with Gasteiger partial charge in [0.2, 0.25) is 0 Å². The molecule has 3 N–H and O–H groups in total. The fourth-order valence-electron chi connectivity index (χ4n) is 2.49. The zero-order chi connectivity index (χ0) is 15.1. The minimum atomic E-state index is 0.412. The molecule has 2 rings (SSSR count). The SMILES string of the molecule is CCCN1CCN(c2cc(NN)nc(COCC)n2)CC1. The fraction of sp³-hybridized carbons (Fsp3) is 0.714. The molecule has 1 fully saturated rings. The van der Waals surface area contributed by atoms with Crippen molar-refractivity contribution < 1.29 is 4.74 Å². The Morgan fingerprint density at radius 2 is 2.00 bits per heavy atom. The van der Waals surface area contributed by atoms with Crippen LogP contribution in [0.3, 0.4) is 0 Å². The van der Waals surface area contributed by atoms with Gasteiger partial charge in [0.15, 0.2) is 5.82 Å². The molecule has 1 saturated heterocycles. The summed E-state index contributed by atoms with van der Waals surface area (Å²) >= 11 is 0. The van der Waals surface area contributed by atoms with Crippen LogP contribution in [0.25, 0.3) is 0 Å². The Morgan fingerprint density at radius 3 is 2.62 bits per heavy atom. The summed E-state index contributed by atoms with van der Waals surface area (Å²) in [5.74, 6) is 7.72. The van der Waals surface area contributed by atoms with Crippen molar-refractivity contribution in [1.82, 2.24) is 14.9 Å². The van der Waals surface area contributed by atoms with Gasteiger partial charge in [-0.15, -0.1) is 0 Å². The predicted octanol–water partition coefficient (Wildman–Crippen LogP) is 0.831. The molecule has 1 aliphatic rings. The molecular formula is C14H26N6O. The maximum Gasteiger partial charge on any atom is 0.158 e. The number of nitrogens with two attached hydrogens (primary N) is 1. The molecule has 21 heavy (non-hydrogen) atoms. The van der Waals surface area contributed by atoms with E-state index in [0.717, 1.165) is 32.0 Å². The molecule has 0 bridgehead atoms. The van der Waals surface area contributed by atoms with E-state index in [0.29, 0.717) is 24.9 Å². The van der Waals surface area contributed by atoms with Crippen molar-refractivity contribution >= 4 is 11.6 Å². The maximum atomic E-state index is 5.50. The van der Waals surface area contributed by atoms with Gasteiger partial charge < -0.3 is 15.1 Å². The molecule has 0 amide bonds. The maximum absolute atomic E-state index is 5.50. The number of hydrogen-bond donors (Lipinski definition) is 2. The van der Waals surface area contributed by atoms with E-state index in [4.69, 9.17) is 10.6 Å². The van der Waals surface area contributed by atoms with Gasteiger partial charge in [0.1, 0.15) is 18.2 Å². The second kappa shape index (κ2) is 8.11. The van der Waals surface area contributed by atoms with Crippen LogP contribution >= 0.6 is 0 Å². The van der Waals surface area contributed by atoms with Gasteiger partial charge in [0, 0.05) is 38.9 Å². The van der Waals surface area contributed by atoms with Crippen LogP contribution in [0.2, 0.25) is 0 Å². The molecule has 1 aromatic rings. The van der Waals surface area contributed by atoms with Crippen LogP contribution in [-0.2, 0) is 11.3 Å². The predicted molar refractivity (Wildman–Crippen MR) is 84.1 cm³/mol. The molecule has 1 aliphatic heterocycles. The minimum Gasteiger partial charge on any atom is -0.374 e. The van der Waals surface area contributed by atoms with E-state index in [1.165, 1.54) is 13.0 Å². The van der Waals surface area contributed by atoms with Crippen LogP contribution in [0.4, 0.5) is 11.6 Å². The third kappa shape index (κ3) is 4.52. The number of hydrazine groups is 1. The summed E-state index contributed by atoms with van der Waals surface area (Å²) in [5.41, 5.74) is 2.61. The highest BCUT2D eigenvalue weighted by Crippen LogP contribution is 2.18. The van der Waals surface area contributed by atoms with Crippen LogP contribution in [0, 0.1) is 0 Å². The average molecular weight is 294 g/mol. The molecule has 0 radical (unpaired) electrons. The molecule has 1 aromatic heterocycles. The number of ether oxygens (including phenoxy) is 1. The highest BCUT2D eigenvalue weighted by Gasteiger charge is 2.18. The third-order valence-electron chi connectivity index (χ3n) is 3.58. The van der Waals surface area contributed by atoms with E-state index >= 15 is 0 Å². The Morgan fingerprint density at radius 1 is 1.24 bits per heavy atom. The van der Waals surface area contributed by atoms with Gasteiger partial charge in [-0.05, 0) is 19.9 Å². The van der Waals surface area contributed by atoms with E-state index in [9.17, 15) is 0 Å². The highest BCUT2D eigenvalue weighted by molar-refractivity contribution is 5.49. The number of rotatable bonds is 7. The van der Waals surface area contributed by atoms with E-state index in [2.05, 4.69) is 32.1 Å². The summed E-state index contributed by atoms with van der Waals surface area (Å²) in [6.07, 6.45) is 1.20. The lowest BCUT2D eigenvalue weighted by molar-refractivity contribution is 0.128. The molecular weight excluding hydrogens is 268 g/mol. The van der Waals surface area contributed by atoms with Gasteiger partial charge in [-0.1, -0.05) is 6.92 Å². The summed E-state index contributed by atoms with van der Waals surface area (Å²) in [7, 11) is 0. The first kappa shape index (κ1) is 15.9. The molecule has 0 spiro atoms. The molecule has 0 saturated carbocycles. The molecule has 0 aromatic carbocycles. The highest BCUT2D eigenvalue weighted by atomic mass is 16.5. The van der Waals surface area contributed by atoms with Crippen LogP contribution in [0.5, 0.6) is 0 Å². The Hall–Kier alpha value is -1.44. The van der Waals surface area contributed by atoms with E-state index in [-0.39, 0.29) is 0 Å². The molecule has 0 unspecified atom stereocenters. The van der Waals surface area contributed by atoms with E-state index < -0.39 is 0 Å². The lowest BCUT2D eigenvalue weighted by Crippen LogP contribution is -2.47. The smallest absolute Gasteiger partial charge is 0.158 e. The number of anilines is 2. The molecule has 0 aliphatic carbocycles. The molecule has 2 heterocycles. The molecule has 7 nitrogen and oxygen atoms in total. The number of piperazine rings is 1. The van der Waals surface area contributed by atoms with E-state index in [1.54, 1.807) is 0 Å². The number of nitrogens with one attached hydrogen (secondary N) is 1. The Labute approximate surface area is 126 Å². The number of hydrogen-bond acceptors (Lipinski definition) is 7. The van der Waals surface area contributed by atoms with Crippen molar-refractivity contribution in [2.75, 3.05) is 49.7 Å². The van der Waals surface area contributed by atoms with Crippen molar-refractivity contribution in [3.63, 3.8) is 0 Å². The monoisotopic (exact) mass is 294 g/mol. The second-order valence-electron chi connectivity index (χ2n) is 5.14. The standard InChI is InChI=1S/C14H26N6O/c1-3-5-19-6-8-20(9-7-19)14-10-12(18-15)16-13(17-14)11-21-4-2/h10H,3-9,11,15H2,1-2H3,(H,16,17,18). The van der Waals surface area contributed by atoms with Crippen LogP contribution in [0.15, 0.2) is 6.07 Å². The summed E-state index contributed by atoms with van der Waals surface area (Å²) < 4.78 is 5.39. The third-order valence-corrected chi connectivity index (χ3v) is 3.58. The number of nitrogen functional groups attached to an aromatic ring is 1. The zero-order valence-corrected chi connectivity index (χ0v) is 13.0. The number of aromatic nitrogens is 2. The summed E-state index contributed by atoms with van der Waals surface area (Å²) in [4.78, 5) is 13.7. The zero-order valence-electron chi connectivity index (χ0n) is 13.0. The Kier molecular flexibility index (Phi) is 6.16. The first-order chi connectivity index (χ1) is 10.3. The lowest BCUT2D eigenvalue weighted by atomic mass is 10.3. The van der Waals surface area contributed by atoms with Crippen LogP contribution < -0.4 is 16.2 Å². The largest absolute Gasteiger partial charge is 0.374 e. The van der Waals surface area contributed by atoms with Gasteiger partial charge in [0.25, 0.3) is 0 Å². The van der Waals surface area contributed by atoms with Crippen LogP contribution in [0.1, 0.15) is 26.1 Å². The second-order valence-corrected chi connectivity index (χ2v) is 5.14. The summed E-state index contributed by atoms with van der Waals surface area (Å²) in [6.45, 7) is 10.5. The van der Waals surface area contributed by atoms with Crippen molar-refractivity contribution in [3.8, 4) is 0 Å². The molecule has 0 atom stereocenters. The topological polar surface area (TPSA) is 79.5 Å². The number of nitrogens with zero attached hydrogens (tertiary/aromatic N) is 4. The van der Waals surface area contributed by atoms with Gasteiger partial charge >= 0.3 is 0 Å². The Balaban J connectivity index is 2.04. The van der Waals surface area contributed by atoms with Gasteiger partial charge in [0.05, 0.1) is 0 Å². The van der Waals surface area contributed by atoms with Crippen molar-refractivity contribution in [1.29, 1.82) is 0 Å². The normalized spacial score (nSPS) is 16.2. The first-order valence-corrected chi connectivity index (χ1v) is 7.66. The fourth-order valence-corrected chi connectivity index (χ4v) is 2.49. The van der Waals surface area contributed by atoms with Gasteiger partial charge in [-0.25, -0.2) is 15.8 Å². The minimum absolute atomic E-state index is 0.412.